The predicted octanol–water partition coefficient (Wildman–Crippen LogP) is 5.02. The smallest absolute Gasteiger partial charge is 0.184 e. The molecule has 11 heteroatoms. The van der Waals surface area contributed by atoms with Gasteiger partial charge in [0.1, 0.15) is 23.0 Å². The third-order valence-electron chi connectivity index (χ3n) is 6.22. The number of carbonyl (C=O) groups excluding carboxylic acids is 1. The van der Waals surface area contributed by atoms with E-state index in [1.54, 1.807) is 35.7 Å². The first kappa shape index (κ1) is 24.8. The molecule has 0 saturated carbocycles. The molecule has 1 aliphatic rings. The molecule has 0 bridgehead atoms. The molecular formula is C26H30N8O2S. The molecular weight excluding hydrogens is 488 g/mol. The average molecular weight is 519 g/mol. The number of pyridine rings is 1. The van der Waals surface area contributed by atoms with Crippen LogP contribution in [0.5, 0.6) is 5.75 Å². The number of aryl methyl sites for hydroxylation is 1. The van der Waals surface area contributed by atoms with Crippen molar-refractivity contribution in [1.29, 1.82) is 0 Å². The molecule has 1 saturated heterocycles. The minimum atomic E-state index is -0.00961. The molecule has 0 amide bonds. The zero-order valence-corrected chi connectivity index (χ0v) is 22.0. The summed E-state index contributed by atoms with van der Waals surface area (Å²) in [5.74, 6) is 2.46. The zero-order valence-electron chi connectivity index (χ0n) is 21.2. The molecule has 4 aromatic rings. The third-order valence-corrected chi connectivity index (χ3v) is 7.05. The van der Waals surface area contributed by atoms with E-state index >= 15 is 0 Å². The number of likely N-dealkylation sites (tertiary alicyclic amines) is 1. The van der Waals surface area contributed by atoms with Crippen LogP contribution in [-0.2, 0) is 13.6 Å². The Balaban J connectivity index is 1.42. The highest BCUT2D eigenvalue weighted by molar-refractivity contribution is 7.10. The maximum Gasteiger partial charge on any atom is 0.184 e. The molecule has 0 radical (unpaired) electrons. The van der Waals surface area contributed by atoms with E-state index in [9.17, 15) is 4.79 Å². The number of ether oxygens (including phenoxy) is 1. The summed E-state index contributed by atoms with van der Waals surface area (Å²) >= 11 is 1.64. The lowest BCUT2D eigenvalue weighted by atomic mass is 10.1. The quantitative estimate of drug-likeness (QED) is 0.280. The van der Waals surface area contributed by atoms with Crippen molar-refractivity contribution in [2.45, 2.75) is 32.7 Å². The second-order valence-corrected chi connectivity index (χ2v) is 9.82. The van der Waals surface area contributed by atoms with Crippen molar-refractivity contribution in [2.24, 2.45) is 7.05 Å². The number of hydrogen-bond acceptors (Lipinski definition) is 10. The van der Waals surface area contributed by atoms with Crippen molar-refractivity contribution in [3.05, 3.63) is 52.7 Å². The maximum atomic E-state index is 12.7. The normalized spacial score (nSPS) is 13.6. The lowest BCUT2D eigenvalue weighted by Gasteiger charge is -2.16. The van der Waals surface area contributed by atoms with E-state index < -0.39 is 0 Å². The van der Waals surface area contributed by atoms with Gasteiger partial charge < -0.3 is 15.4 Å². The van der Waals surface area contributed by atoms with Gasteiger partial charge in [-0.15, -0.1) is 11.3 Å². The first-order chi connectivity index (χ1) is 18.0. The van der Waals surface area contributed by atoms with Crippen LogP contribution in [0, 0.1) is 0 Å². The SMILES string of the molecule is CCC(=O)c1cnc(Nc2csc(CN3CCCC3)n2)cc1Nc1cccc(-c2ncn(C)n2)c1OC. The highest BCUT2D eigenvalue weighted by Gasteiger charge is 2.18. The van der Waals surface area contributed by atoms with Gasteiger partial charge in [0.15, 0.2) is 17.4 Å². The van der Waals surface area contributed by atoms with E-state index in [0.717, 1.165) is 36.0 Å². The molecule has 192 valence electrons. The second kappa shape index (κ2) is 11.1. The largest absolute Gasteiger partial charge is 0.494 e. The summed E-state index contributed by atoms with van der Waals surface area (Å²) in [5, 5.41) is 14.2. The summed E-state index contributed by atoms with van der Waals surface area (Å²) < 4.78 is 7.38. The van der Waals surface area contributed by atoms with Crippen LogP contribution >= 0.6 is 11.3 Å². The third kappa shape index (κ3) is 5.62. The number of nitrogens with one attached hydrogen (secondary N) is 2. The maximum absolute atomic E-state index is 12.7. The predicted molar refractivity (Wildman–Crippen MR) is 145 cm³/mol. The average Bonchev–Trinajstić information content (AvgIpc) is 3.67. The lowest BCUT2D eigenvalue weighted by molar-refractivity contribution is 0.0988. The highest BCUT2D eigenvalue weighted by Crippen LogP contribution is 2.37. The fourth-order valence-corrected chi connectivity index (χ4v) is 5.15. The van der Waals surface area contributed by atoms with Gasteiger partial charge in [-0.05, 0) is 38.1 Å². The van der Waals surface area contributed by atoms with Crippen LogP contribution in [0.25, 0.3) is 11.4 Å². The Morgan fingerprint density at radius 1 is 1.14 bits per heavy atom. The van der Waals surface area contributed by atoms with Gasteiger partial charge >= 0.3 is 0 Å². The minimum Gasteiger partial charge on any atom is -0.494 e. The van der Waals surface area contributed by atoms with Crippen molar-refractivity contribution in [3.8, 4) is 17.1 Å². The van der Waals surface area contributed by atoms with Crippen LogP contribution in [-0.4, -0.2) is 55.6 Å². The first-order valence-electron chi connectivity index (χ1n) is 12.3. The summed E-state index contributed by atoms with van der Waals surface area (Å²) in [6.07, 6.45) is 6.12. The number of methoxy groups -OCH3 is 1. The minimum absolute atomic E-state index is 0.00961. The summed E-state index contributed by atoms with van der Waals surface area (Å²) in [6.45, 7) is 4.97. The van der Waals surface area contributed by atoms with Crippen molar-refractivity contribution in [2.75, 3.05) is 30.8 Å². The van der Waals surface area contributed by atoms with Crippen LogP contribution in [0.3, 0.4) is 0 Å². The lowest BCUT2D eigenvalue weighted by Crippen LogP contribution is -2.18. The van der Waals surface area contributed by atoms with Gasteiger partial charge in [-0.3, -0.25) is 14.4 Å². The van der Waals surface area contributed by atoms with E-state index in [1.165, 1.54) is 12.8 Å². The number of ketones is 1. The van der Waals surface area contributed by atoms with Crippen LogP contribution in [0.2, 0.25) is 0 Å². The number of para-hydroxylation sites is 1. The van der Waals surface area contributed by atoms with Crippen molar-refractivity contribution < 1.29 is 9.53 Å². The first-order valence-corrected chi connectivity index (χ1v) is 13.2. The van der Waals surface area contributed by atoms with E-state index in [1.807, 2.05) is 43.6 Å². The molecule has 0 aliphatic carbocycles. The molecule has 37 heavy (non-hydrogen) atoms. The van der Waals surface area contributed by atoms with Crippen molar-refractivity contribution in [1.82, 2.24) is 29.6 Å². The van der Waals surface area contributed by atoms with Crippen LogP contribution in [0.15, 0.2) is 42.2 Å². The van der Waals surface area contributed by atoms with Gasteiger partial charge in [0.25, 0.3) is 0 Å². The number of aromatic nitrogens is 5. The number of anilines is 4. The molecule has 3 aromatic heterocycles. The van der Waals surface area contributed by atoms with Crippen molar-refractivity contribution >= 4 is 40.1 Å². The standard InChI is InChI=1S/C26H30N8O2S/c1-4-21(35)18-13-27-22(30-23-15-37-24(31-23)14-34-10-5-6-11-34)12-20(18)29-19-9-7-8-17(25(19)36-3)26-28-16-33(2)32-26/h7-9,12-13,15-16H,4-6,10-11,14H2,1-3H3,(H2,27,29,30). The number of nitrogens with zero attached hydrogens (tertiary/aromatic N) is 6. The van der Waals surface area contributed by atoms with Crippen LogP contribution in [0.4, 0.5) is 23.0 Å². The fraction of sp³-hybridized carbons (Fsp3) is 0.346. The number of Topliss-reactive ketones (excluding diaryl/α,β-unsaturated/α-hetero) is 1. The molecule has 1 aliphatic heterocycles. The van der Waals surface area contributed by atoms with Crippen LogP contribution in [0.1, 0.15) is 41.6 Å². The Morgan fingerprint density at radius 2 is 1.97 bits per heavy atom. The van der Waals surface area contributed by atoms with Gasteiger partial charge in [-0.25, -0.2) is 15.0 Å². The molecule has 0 spiro atoms. The van der Waals surface area contributed by atoms with Gasteiger partial charge in [0.2, 0.25) is 0 Å². The highest BCUT2D eigenvalue weighted by atomic mass is 32.1. The molecule has 4 heterocycles. The van der Waals surface area contributed by atoms with Crippen LogP contribution < -0.4 is 15.4 Å². The molecule has 0 unspecified atom stereocenters. The Labute approximate surface area is 219 Å². The number of thiazole rings is 1. The molecule has 10 nitrogen and oxygen atoms in total. The second-order valence-electron chi connectivity index (χ2n) is 8.88. The van der Waals surface area contributed by atoms with Crippen molar-refractivity contribution in [3.63, 3.8) is 0 Å². The summed E-state index contributed by atoms with van der Waals surface area (Å²) in [7, 11) is 3.42. The summed E-state index contributed by atoms with van der Waals surface area (Å²) in [4.78, 5) is 28.8. The number of hydrogen-bond donors (Lipinski definition) is 2. The van der Waals surface area contributed by atoms with E-state index in [2.05, 4.69) is 30.6 Å². The van der Waals surface area contributed by atoms with E-state index in [0.29, 0.717) is 40.8 Å². The van der Waals surface area contributed by atoms with E-state index in [-0.39, 0.29) is 5.78 Å². The topological polar surface area (TPSA) is 110 Å². The van der Waals surface area contributed by atoms with Gasteiger partial charge in [0.05, 0.1) is 36.2 Å². The fourth-order valence-electron chi connectivity index (χ4n) is 4.38. The van der Waals surface area contributed by atoms with Gasteiger partial charge in [-0.1, -0.05) is 13.0 Å². The molecule has 1 fully saturated rings. The molecule has 0 atom stereocenters. The Hall–Kier alpha value is -3.83. The zero-order chi connectivity index (χ0) is 25.8. The molecule has 5 rings (SSSR count). The van der Waals surface area contributed by atoms with Gasteiger partial charge in [-0.2, -0.15) is 5.10 Å². The number of carbonyl (C=O) groups is 1. The summed E-state index contributed by atoms with van der Waals surface area (Å²) in [5.41, 5.74) is 2.57. The Morgan fingerprint density at radius 3 is 2.70 bits per heavy atom. The number of rotatable bonds is 10. The monoisotopic (exact) mass is 518 g/mol. The summed E-state index contributed by atoms with van der Waals surface area (Å²) in [6, 6.07) is 7.52. The number of benzene rings is 1. The Bertz CT molecular complexity index is 1390. The van der Waals surface area contributed by atoms with E-state index in [4.69, 9.17) is 9.72 Å². The van der Waals surface area contributed by atoms with Gasteiger partial charge in [0, 0.05) is 31.1 Å². The Kier molecular flexibility index (Phi) is 7.42. The molecule has 1 aromatic carbocycles. The molecule has 2 N–H and O–H groups in total.